The van der Waals surface area contributed by atoms with Crippen molar-refractivity contribution in [1.82, 2.24) is 0 Å². The van der Waals surface area contributed by atoms with Crippen molar-refractivity contribution in [3.05, 3.63) is 11.6 Å². The quantitative estimate of drug-likeness (QED) is 0.0967. The molecule has 2 bridgehead atoms. The number of hydrogen-bond donors (Lipinski definition) is 11. The minimum absolute atomic E-state index is 0.108. The molecule has 2 spiro atoms. The van der Waals surface area contributed by atoms with Crippen molar-refractivity contribution in [3.63, 3.8) is 0 Å². The smallest absolute Gasteiger partial charge is 0.187 e. The molecule has 0 radical (unpaired) electrons. The molecule has 0 amide bonds. The Morgan fingerprint density at radius 1 is 0.644 bits per heavy atom. The van der Waals surface area contributed by atoms with Gasteiger partial charge in [0.2, 0.25) is 0 Å². The van der Waals surface area contributed by atoms with E-state index in [2.05, 4.69) is 47.6 Å². The fourth-order valence-electron chi connectivity index (χ4n) is 16.9. The zero-order valence-electron chi connectivity index (χ0n) is 43.4. The lowest BCUT2D eigenvalue weighted by Gasteiger charge is -2.70. The third-order valence-electron chi connectivity index (χ3n) is 20.4. The van der Waals surface area contributed by atoms with Gasteiger partial charge in [0, 0.05) is 24.2 Å². The van der Waals surface area contributed by atoms with Crippen LogP contribution in [0.3, 0.4) is 0 Å². The van der Waals surface area contributed by atoms with Crippen LogP contribution < -0.4 is 0 Å². The van der Waals surface area contributed by atoms with E-state index in [0.29, 0.717) is 25.4 Å². The molecule has 21 heteroatoms. The molecule has 73 heavy (non-hydrogen) atoms. The average molecular weight is 1050 g/mol. The summed E-state index contributed by atoms with van der Waals surface area (Å²) in [5, 5.41) is 121. The van der Waals surface area contributed by atoms with Gasteiger partial charge in [-0.3, -0.25) is 0 Å². The Labute approximate surface area is 426 Å². The maximum atomic E-state index is 12.3. The molecule has 0 aromatic carbocycles. The Bertz CT molecular complexity index is 2010. The predicted octanol–water partition coefficient (Wildman–Crippen LogP) is -0.542. The van der Waals surface area contributed by atoms with E-state index in [1.165, 1.54) is 6.92 Å². The first kappa shape index (κ1) is 55.2. The Balaban J connectivity index is 0.919. The highest BCUT2D eigenvalue weighted by atomic mass is 16.8. The summed E-state index contributed by atoms with van der Waals surface area (Å²) in [7, 11) is 0. The molecule has 11 N–H and O–H groups in total. The van der Waals surface area contributed by atoms with Gasteiger partial charge in [0.1, 0.15) is 79.4 Å². The summed E-state index contributed by atoms with van der Waals surface area (Å²) in [6, 6.07) is 0. The van der Waals surface area contributed by atoms with Crippen molar-refractivity contribution < 1.29 is 104 Å². The molecule has 4 saturated carbocycles. The van der Waals surface area contributed by atoms with E-state index in [4.69, 9.17) is 47.4 Å². The summed E-state index contributed by atoms with van der Waals surface area (Å²) >= 11 is 0. The van der Waals surface area contributed by atoms with Gasteiger partial charge in [0.05, 0.1) is 50.3 Å². The van der Waals surface area contributed by atoms with Crippen molar-refractivity contribution in [2.24, 2.45) is 45.3 Å². The third kappa shape index (κ3) is 8.77. The van der Waals surface area contributed by atoms with Gasteiger partial charge in [-0.25, -0.2) is 0 Å². The highest BCUT2D eigenvalue weighted by Crippen LogP contribution is 2.80. The normalized spacial score (nSPS) is 57.5. The van der Waals surface area contributed by atoms with Crippen LogP contribution in [-0.4, -0.2) is 217 Å². The van der Waals surface area contributed by atoms with E-state index in [0.717, 1.165) is 44.1 Å². The zero-order valence-corrected chi connectivity index (χ0v) is 43.4. The van der Waals surface area contributed by atoms with Gasteiger partial charge in [-0.05, 0) is 100 Å². The first-order valence-electron chi connectivity index (χ1n) is 26.8. The molecule has 6 saturated heterocycles. The second-order valence-electron chi connectivity index (χ2n) is 25.3. The van der Waals surface area contributed by atoms with Gasteiger partial charge in [-0.2, -0.15) is 0 Å². The van der Waals surface area contributed by atoms with Crippen molar-refractivity contribution in [2.45, 2.75) is 241 Å². The minimum Gasteiger partial charge on any atom is -0.394 e. The SMILES string of the molecule is CC(C)=C[C@@H]1C[C@@](C)(O)[C@H]2[C@@H]3CC[C@@H]4[C@]5(C)CC[C@H](O[C@H]6OC[C@@H](O)[C@H](O[C@@H]7O[C@H](CO)[C@@H](O)[C@@H](O)[C@@H]7O[C@H]7OC[C@@H](O)[C@H](O)[C@H]7O)[C@H]6O[C@H]6O[C@H](C)[C@@H](O)[C@H](O)[C@H]6O)C(C)(C)[C@@H]5CC[C@@]4(C)[C@]34CO[C@]2(C4)O1. The molecule has 418 valence electrons. The maximum Gasteiger partial charge on any atom is 0.187 e. The summed E-state index contributed by atoms with van der Waals surface area (Å²) in [6.45, 7) is 15.9. The van der Waals surface area contributed by atoms with Crippen LogP contribution in [0.2, 0.25) is 0 Å². The molecule has 0 aromatic heterocycles. The molecule has 10 aliphatic rings. The van der Waals surface area contributed by atoms with Crippen molar-refractivity contribution >= 4 is 0 Å². The molecule has 6 aliphatic heterocycles. The topological polar surface area (TPSA) is 315 Å². The van der Waals surface area contributed by atoms with Crippen LogP contribution in [0, 0.1) is 45.3 Å². The molecule has 6 heterocycles. The summed E-state index contributed by atoms with van der Waals surface area (Å²) in [5.74, 6) is -0.230. The molecule has 0 aromatic rings. The first-order chi connectivity index (χ1) is 34.2. The maximum absolute atomic E-state index is 12.3. The fraction of sp³-hybridized carbons (Fsp3) is 0.962. The van der Waals surface area contributed by atoms with E-state index >= 15 is 0 Å². The fourth-order valence-corrected chi connectivity index (χ4v) is 16.9. The molecule has 21 nitrogen and oxygen atoms in total. The molecule has 4 aliphatic carbocycles. The number of aliphatic hydroxyl groups is 11. The Hall–Kier alpha value is -1.10. The Morgan fingerprint density at radius 3 is 2.03 bits per heavy atom. The highest BCUT2D eigenvalue weighted by Gasteiger charge is 2.81. The molecule has 10 rings (SSSR count). The number of ether oxygens (including phenoxy) is 10. The van der Waals surface area contributed by atoms with Gasteiger partial charge in [-0.15, -0.1) is 0 Å². The Kier molecular flexibility index (Phi) is 14.8. The van der Waals surface area contributed by atoms with Crippen LogP contribution >= 0.6 is 0 Å². The van der Waals surface area contributed by atoms with E-state index < -0.39 is 147 Å². The lowest BCUT2D eigenvalue weighted by molar-refractivity contribution is -0.399. The average Bonchev–Trinajstić information content (AvgIpc) is 3.85. The van der Waals surface area contributed by atoms with Crippen LogP contribution in [0.4, 0.5) is 0 Å². The summed E-state index contributed by atoms with van der Waals surface area (Å²) in [6.07, 6.45) is -20.8. The molecular formula is C52H84O21. The van der Waals surface area contributed by atoms with E-state index in [1.54, 1.807) is 0 Å². The number of allylic oxidation sites excluding steroid dienone is 1. The molecule has 29 atom stereocenters. The summed E-state index contributed by atoms with van der Waals surface area (Å²) < 4.78 is 63.4. The summed E-state index contributed by atoms with van der Waals surface area (Å²) in [4.78, 5) is 0. The standard InChI is InChI=1S/C52H84O21/c1-22(2)15-24-16-50(8,63)42-25-9-10-30-48(6)13-12-31(47(4,5)29(48)11-14-49(30,7)51(25)20-52(42,73-24)66-21-51)69-45-41(72-44-38(62)35(59)32(56)23(3)67-44)39(27(55)19-65-45)70-46-40(36(60)34(58)28(17-53)68-46)71-43-37(61)33(57)26(54)18-64-43/h15,23-46,53-63H,9-14,16-21H2,1-8H3/t23-,24-,25+,26-,27-,28-,29+,30-,31+,32-,33+,34-,35+,36-,37-,38-,39+,40+,41-,42-,43-,44-,45-,46+,48-,49-,50-,51-,52-/m1/s1. The van der Waals surface area contributed by atoms with Crippen LogP contribution in [0.5, 0.6) is 0 Å². The largest absolute Gasteiger partial charge is 0.394 e. The van der Waals surface area contributed by atoms with Crippen LogP contribution in [0.1, 0.15) is 107 Å². The number of rotatable bonds is 10. The van der Waals surface area contributed by atoms with Crippen molar-refractivity contribution in [2.75, 3.05) is 26.4 Å². The lowest BCUT2D eigenvalue weighted by Crippen LogP contribution is -2.68. The van der Waals surface area contributed by atoms with Gasteiger partial charge in [-0.1, -0.05) is 39.3 Å². The molecule has 0 unspecified atom stereocenters. The van der Waals surface area contributed by atoms with E-state index in [9.17, 15) is 56.2 Å². The predicted molar refractivity (Wildman–Crippen MR) is 250 cm³/mol. The van der Waals surface area contributed by atoms with Crippen LogP contribution in [-0.2, 0) is 47.4 Å². The Morgan fingerprint density at radius 2 is 1.32 bits per heavy atom. The van der Waals surface area contributed by atoms with Gasteiger partial charge < -0.3 is 104 Å². The van der Waals surface area contributed by atoms with Gasteiger partial charge in [0.25, 0.3) is 0 Å². The highest BCUT2D eigenvalue weighted by molar-refractivity contribution is 5.27. The number of fused-ring (bicyclic) bond motifs is 4. The number of aliphatic hydroxyl groups excluding tert-OH is 10. The summed E-state index contributed by atoms with van der Waals surface area (Å²) in [5.41, 5.74) is -0.717. The minimum atomic E-state index is -1.87. The van der Waals surface area contributed by atoms with E-state index in [1.807, 2.05) is 6.92 Å². The first-order valence-corrected chi connectivity index (χ1v) is 26.8. The van der Waals surface area contributed by atoms with Crippen molar-refractivity contribution in [1.29, 1.82) is 0 Å². The van der Waals surface area contributed by atoms with Crippen molar-refractivity contribution in [3.8, 4) is 0 Å². The monoisotopic (exact) mass is 1040 g/mol. The zero-order chi connectivity index (χ0) is 52.7. The van der Waals surface area contributed by atoms with Crippen LogP contribution in [0.15, 0.2) is 11.6 Å². The van der Waals surface area contributed by atoms with Crippen LogP contribution in [0.25, 0.3) is 0 Å². The van der Waals surface area contributed by atoms with Gasteiger partial charge >= 0.3 is 0 Å². The molecule has 10 fully saturated rings. The van der Waals surface area contributed by atoms with E-state index in [-0.39, 0.29) is 46.7 Å². The lowest BCUT2D eigenvalue weighted by atomic mass is 9.35. The second-order valence-corrected chi connectivity index (χ2v) is 25.3. The third-order valence-corrected chi connectivity index (χ3v) is 20.4. The molecular weight excluding hydrogens is 961 g/mol. The second kappa shape index (κ2) is 19.6. The van der Waals surface area contributed by atoms with Gasteiger partial charge in [0.15, 0.2) is 30.9 Å². The number of hydrogen-bond acceptors (Lipinski definition) is 21.